The average Bonchev–Trinajstić information content (AvgIpc) is 2.64. The summed E-state index contributed by atoms with van der Waals surface area (Å²) in [4.78, 5) is 2.46. The normalized spacial score (nSPS) is 16.0. The molecule has 1 N–H and O–H groups in total. The van der Waals surface area contributed by atoms with E-state index in [9.17, 15) is 5.11 Å². The highest BCUT2D eigenvalue weighted by molar-refractivity contribution is 5.64. The third-order valence-electron chi connectivity index (χ3n) is 4.80. The summed E-state index contributed by atoms with van der Waals surface area (Å²) in [5.74, 6) is 0. The second-order valence-electron chi connectivity index (χ2n) is 6.56. The third kappa shape index (κ3) is 4.44. The van der Waals surface area contributed by atoms with Crippen LogP contribution in [-0.4, -0.2) is 35.7 Å². The van der Waals surface area contributed by atoms with E-state index in [2.05, 4.69) is 35.2 Å². The molecule has 0 unspecified atom stereocenters. The Labute approximate surface area is 144 Å². The quantitative estimate of drug-likeness (QED) is 0.915. The molecule has 0 saturated carbocycles. The SMILES string of the molecule is N#Cc1ccc(-c2ccc(CCCN3CCC(O)CC3)cc2)cc1. The number of piperidine rings is 1. The Bertz CT molecular complexity index is 677. The average molecular weight is 320 g/mol. The van der Waals surface area contributed by atoms with Crippen molar-refractivity contribution in [3.8, 4) is 17.2 Å². The third-order valence-corrected chi connectivity index (χ3v) is 4.80. The largest absolute Gasteiger partial charge is 0.393 e. The molecule has 24 heavy (non-hydrogen) atoms. The maximum absolute atomic E-state index is 9.54. The predicted molar refractivity (Wildman–Crippen MR) is 96.6 cm³/mol. The number of hydrogen-bond acceptors (Lipinski definition) is 3. The minimum atomic E-state index is -0.0870. The number of aryl methyl sites for hydroxylation is 1. The first kappa shape index (κ1) is 16.7. The van der Waals surface area contributed by atoms with Gasteiger partial charge in [0, 0.05) is 13.1 Å². The Hall–Kier alpha value is -2.15. The van der Waals surface area contributed by atoms with Gasteiger partial charge in [0.15, 0.2) is 0 Å². The Balaban J connectivity index is 1.50. The zero-order chi connectivity index (χ0) is 16.8. The predicted octanol–water partition coefficient (Wildman–Crippen LogP) is 3.61. The molecule has 1 aliphatic heterocycles. The summed E-state index contributed by atoms with van der Waals surface area (Å²) in [5.41, 5.74) is 4.39. The fourth-order valence-electron chi connectivity index (χ4n) is 3.25. The van der Waals surface area contributed by atoms with E-state index in [1.807, 2.05) is 24.3 Å². The van der Waals surface area contributed by atoms with Crippen LogP contribution in [0.4, 0.5) is 0 Å². The fourth-order valence-corrected chi connectivity index (χ4v) is 3.25. The molecule has 0 aromatic heterocycles. The second kappa shape index (κ2) is 8.10. The topological polar surface area (TPSA) is 47.3 Å². The lowest BCUT2D eigenvalue weighted by atomic mass is 10.0. The lowest BCUT2D eigenvalue weighted by Gasteiger charge is -2.29. The van der Waals surface area contributed by atoms with E-state index in [0.717, 1.165) is 50.9 Å². The molecule has 1 fully saturated rings. The maximum Gasteiger partial charge on any atom is 0.0991 e. The van der Waals surface area contributed by atoms with Crippen LogP contribution in [0.3, 0.4) is 0 Å². The minimum Gasteiger partial charge on any atom is -0.393 e. The number of nitrogens with zero attached hydrogens (tertiary/aromatic N) is 2. The molecule has 124 valence electrons. The first-order valence-electron chi connectivity index (χ1n) is 8.74. The molecule has 1 heterocycles. The van der Waals surface area contributed by atoms with E-state index in [-0.39, 0.29) is 6.10 Å². The monoisotopic (exact) mass is 320 g/mol. The van der Waals surface area contributed by atoms with Crippen molar-refractivity contribution in [3.63, 3.8) is 0 Å². The number of aliphatic hydroxyl groups is 1. The molecule has 0 radical (unpaired) electrons. The van der Waals surface area contributed by atoms with Gasteiger partial charge in [0.25, 0.3) is 0 Å². The smallest absolute Gasteiger partial charge is 0.0991 e. The highest BCUT2D eigenvalue weighted by Gasteiger charge is 2.15. The summed E-state index contributed by atoms with van der Waals surface area (Å²) in [6.07, 6.45) is 3.99. The van der Waals surface area contributed by atoms with Crippen molar-refractivity contribution >= 4 is 0 Å². The molecule has 2 aromatic carbocycles. The summed E-state index contributed by atoms with van der Waals surface area (Å²) in [7, 11) is 0. The molecule has 1 aliphatic rings. The molecule has 0 amide bonds. The summed E-state index contributed by atoms with van der Waals surface area (Å²) in [5, 5.41) is 18.4. The van der Waals surface area contributed by atoms with Gasteiger partial charge in [-0.25, -0.2) is 0 Å². The van der Waals surface area contributed by atoms with E-state index in [0.29, 0.717) is 5.56 Å². The summed E-state index contributed by atoms with van der Waals surface area (Å²) in [6.45, 7) is 3.17. The van der Waals surface area contributed by atoms with Crippen molar-refractivity contribution in [3.05, 3.63) is 59.7 Å². The van der Waals surface area contributed by atoms with Gasteiger partial charge in [0.05, 0.1) is 17.7 Å². The molecule has 3 rings (SSSR count). The molecular formula is C21H24N2O. The van der Waals surface area contributed by atoms with Crippen LogP contribution in [-0.2, 0) is 6.42 Å². The first-order valence-corrected chi connectivity index (χ1v) is 8.74. The molecule has 0 bridgehead atoms. The molecule has 3 heteroatoms. The molecular weight excluding hydrogens is 296 g/mol. The number of hydrogen-bond donors (Lipinski definition) is 1. The number of likely N-dealkylation sites (tertiary alicyclic amines) is 1. The van der Waals surface area contributed by atoms with Crippen LogP contribution < -0.4 is 0 Å². The van der Waals surface area contributed by atoms with Crippen molar-refractivity contribution in [2.24, 2.45) is 0 Å². The molecule has 3 nitrogen and oxygen atoms in total. The van der Waals surface area contributed by atoms with Gasteiger partial charge in [-0.15, -0.1) is 0 Å². The molecule has 0 aliphatic carbocycles. The van der Waals surface area contributed by atoms with E-state index in [1.165, 1.54) is 11.1 Å². The van der Waals surface area contributed by atoms with Crippen molar-refractivity contribution in [2.75, 3.05) is 19.6 Å². The Morgan fingerprint density at radius 2 is 1.54 bits per heavy atom. The van der Waals surface area contributed by atoms with E-state index in [1.54, 1.807) is 0 Å². The van der Waals surface area contributed by atoms with Gasteiger partial charge in [-0.05, 0) is 61.1 Å². The Morgan fingerprint density at radius 3 is 2.12 bits per heavy atom. The van der Waals surface area contributed by atoms with Crippen molar-refractivity contribution < 1.29 is 5.11 Å². The van der Waals surface area contributed by atoms with Gasteiger partial charge in [-0.1, -0.05) is 36.4 Å². The molecule has 0 atom stereocenters. The van der Waals surface area contributed by atoms with Crippen molar-refractivity contribution in [1.82, 2.24) is 4.90 Å². The molecule has 0 spiro atoms. The van der Waals surface area contributed by atoms with Gasteiger partial charge < -0.3 is 10.0 Å². The van der Waals surface area contributed by atoms with Crippen LogP contribution in [0.25, 0.3) is 11.1 Å². The number of aliphatic hydroxyl groups excluding tert-OH is 1. The van der Waals surface area contributed by atoms with E-state index in [4.69, 9.17) is 5.26 Å². The second-order valence-corrected chi connectivity index (χ2v) is 6.56. The van der Waals surface area contributed by atoms with E-state index < -0.39 is 0 Å². The molecule has 1 saturated heterocycles. The van der Waals surface area contributed by atoms with Gasteiger partial charge in [-0.3, -0.25) is 0 Å². The number of rotatable bonds is 5. The highest BCUT2D eigenvalue weighted by atomic mass is 16.3. The summed E-state index contributed by atoms with van der Waals surface area (Å²) >= 11 is 0. The van der Waals surface area contributed by atoms with Crippen LogP contribution in [0.15, 0.2) is 48.5 Å². The fraction of sp³-hybridized carbons (Fsp3) is 0.381. The van der Waals surface area contributed by atoms with Gasteiger partial charge >= 0.3 is 0 Å². The maximum atomic E-state index is 9.54. The lowest BCUT2D eigenvalue weighted by Crippen LogP contribution is -2.36. The Morgan fingerprint density at radius 1 is 0.958 bits per heavy atom. The van der Waals surface area contributed by atoms with Crippen LogP contribution in [0, 0.1) is 11.3 Å². The highest BCUT2D eigenvalue weighted by Crippen LogP contribution is 2.21. The van der Waals surface area contributed by atoms with E-state index >= 15 is 0 Å². The summed E-state index contributed by atoms with van der Waals surface area (Å²) < 4.78 is 0. The van der Waals surface area contributed by atoms with Gasteiger partial charge in [0.2, 0.25) is 0 Å². The van der Waals surface area contributed by atoms with Gasteiger partial charge in [-0.2, -0.15) is 5.26 Å². The first-order chi connectivity index (χ1) is 11.7. The Kier molecular flexibility index (Phi) is 5.63. The number of nitriles is 1. The zero-order valence-corrected chi connectivity index (χ0v) is 14.0. The van der Waals surface area contributed by atoms with Crippen LogP contribution in [0.5, 0.6) is 0 Å². The summed E-state index contributed by atoms with van der Waals surface area (Å²) in [6, 6.07) is 18.6. The van der Waals surface area contributed by atoms with Crippen molar-refractivity contribution in [2.45, 2.75) is 31.8 Å². The zero-order valence-electron chi connectivity index (χ0n) is 14.0. The lowest BCUT2D eigenvalue weighted by molar-refractivity contribution is 0.0821. The van der Waals surface area contributed by atoms with Crippen LogP contribution in [0.2, 0.25) is 0 Å². The molecule has 2 aromatic rings. The standard InChI is InChI=1S/C21H24N2O/c22-16-18-5-9-20(10-6-18)19-7-3-17(4-8-19)2-1-13-23-14-11-21(24)12-15-23/h3-10,21,24H,1-2,11-15H2. The van der Waals surface area contributed by atoms with Crippen LogP contribution >= 0.6 is 0 Å². The minimum absolute atomic E-state index is 0.0870. The van der Waals surface area contributed by atoms with Crippen molar-refractivity contribution in [1.29, 1.82) is 5.26 Å². The van der Waals surface area contributed by atoms with Crippen LogP contribution in [0.1, 0.15) is 30.4 Å². The number of benzene rings is 2. The van der Waals surface area contributed by atoms with Gasteiger partial charge in [0.1, 0.15) is 0 Å².